The lowest BCUT2D eigenvalue weighted by Gasteiger charge is -1.98. The fourth-order valence-corrected chi connectivity index (χ4v) is 2.11. The predicted molar refractivity (Wildman–Crippen MR) is 58.7 cm³/mol. The fraction of sp³-hybridized carbons (Fsp3) is 0. The molecule has 0 aliphatic heterocycles. The van der Waals surface area contributed by atoms with Gasteiger partial charge in [-0.15, -0.1) is 4.40 Å². The average Bonchev–Trinajstić information content (AvgIpc) is 2.09. The smallest absolute Gasteiger partial charge is 0.199 e. The Hall–Kier alpha value is -0.450. The van der Waals surface area contributed by atoms with Crippen molar-refractivity contribution in [3.63, 3.8) is 0 Å². The van der Waals surface area contributed by atoms with Crippen LogP contribution in [-0.4, -0.2) is 13.6 Å². The van der Waals surface area contributed by atoms with Crippen LogP contribution in [0, 0.1) is 0 Å². The average molecular weight is 268 g/mol. The van der Waals surface area contributed by atoms with Crippen molar-refractivity contribution >= 4 is 50.6 Å². The summed E-state index contributed by atoms with van der Waals surface area (Å²) in [7, 11) is -3.78. The number of rotatable bonds is 2. The minimum Gasteiger partial charge on any atom is -0.199 e. The highest BCUT2D eigenvalue weighted by atomic mass is 35.5. The van der Waals surface area contributed by atoms with Crippen LogP contribution in [0.2, 0.25) is 10.0 Å². The lowest BCUT2D eigenvalue weighted by Crippen LogP contribution is -1.95. The molecular formula is C7H3Cl2NO2S2. The highest BCUT2D eigenvalue weighted by molar-refractivity contribution is 7.91. The first-order valence-electron chi connectivity index (χ1n) is 3.26. The van der Waals surface area contributed by atoms with E-state index in [1.54, 1.807) is 5.16 Å². The second kappa shape index (κ2) is 4.38. The molecule has 74 valence electrons. The van der Waals surface area contributed by atoms with Crippen LogP contribution in [0.5, 0.6) is 0 Å². The van der Waals surface area contributed by atoms with Crippen molar-refractivity contribution in [3.05, 3.63) is 28.2 Å². The van der Waals surface area contributed by atoms with Gasteiger partial charge in [0.1, 0.15) is 0 Å². The topological polar surface area (TPSA) is 46.5 Å². The molecule has 0 aliphatic carbocycles. The van der Waals surface area contributed by atoms with E-state index >= 15 is 0 Å². The van der Waals surface area contributed by atoms with Gasteiger partial charge in [0.2, 0.25) is 0 Å². The van der Waals surface area contributed by atoms with Crippen LogP contribution in [0.1, 0.15) is 0 Å². The van der Waals surface area contributed by atoms with Gasteiger partial charge in [0.15, 0.2) is 0 Å². The predicted octanol–water partition coefficient (Wildman–Crippen LogP) is 2.78. The normalized spacial score (nSPS) is 10.7. The Morgan fingerprint density at radius 2 is 1.93 bits per heavy atom. The van der Waals surface area contributed by atoms with E-state index in [4.69, 9.17) is 23.2 Å². The van der Waals surface area contributed by atoms with E-state index in [2.05, 4.69) is 16.6 Å². The summed E-state index contributed by atoms with van der Waals surface area (Å²) >= 11 is 15.5. The Balaban J connectivity index is 3.35. The Morgan fingerprint density at radius 3 is 2.43 bits per heavy atom. The molecule has 0 saturated heterocycles. The van der Waals surface area contributed by atoms with E-state index in [-0.39, 0.29) is 14.9 Å². The maximum absolute atomic E-state index is 11.3. The lowest BCUT2D eigenvalue weighted by molar-refractivity contribution is 0.598. The maximum Gasteiger partial charge on any atom is 0.290 e. The monoisotopic (exact) mass is 267 g/mol. The molecule has 3 nitrogen and oxygen atoms in total. The summed E-state index contributed by atoms with van der Waals surface area (Å²) in [5, 5.41) is 2.21. The van der Waals surface area contributed by atoms with Crippen molar-refractivity contribution in [2.45, 2.75) is 4.90 Å². The van der Waals surface area contributed by atoms with Crippen molar-refractivity contribution < 1.29 is 8.42 Å². The summed E-state index contributed by atoms with van der Waals surface area (Å²) in [4.78, 5) is -0.0655. The molecule has 0 saturated carbocycles. The molecule has 0 fully saturated rings. The van der Waals surface area contributed by atoms with Gasteiger partial charge in [-0.05, 0) is 30.4 Å². The Bertz CT molecular complexity index is 506. The number of sulfonamides is 1. The second-order valence-electron chi connectivity index (χ2n) is 2.23. The zero-order valence-corrected chi connectivity index (χ0v) is 9.71. The van der Waals surface area contributed by atoms with Crippen molar-refractivity contribution in [2.75, 3.05) is 0 Å². The zero-order valence-electron chi connectivity index (χ0n) is 6.57. The molecule has 0 spiro atoms. The third kappa shape index (κ3) is 2.53. The molecule has 0 radical (unpaired) electrons. The quantitative estimate of drug-likeness (QED) is 0.612. The standard InChI is InChI=1S/C7H3Cl2NO2S2/c8-6-2-1-5(3-7(6)9)14(11,12)10-4-13/h1-3H. The molecule has 0 aromatic heterocycles. The van der Waals surface area contributed by atoms with Crippen molar-refractivity contribution in [3.8, 4) is 0 Å². The van der Waals surface area contributed by atoms with E-state index in [1.165, 1.54) is 18.2 Å². The van der Waals surface area contributed by atoms with Gasteiger partial charge in [-0.25, -0.2) is 0 Å². The Kier molecular flexibility index (Phi) is 3.64. The first-order chi connectivity index (χ1) is 6.47. The van der Waals surface area contributed by atoms with Crippen molar-refractivity contribution in [2.24, 2.45) is 4.40 Å². The van der Waals surface area contributed by atoms with Gasteiger partial charge in [-0.2, -0.15) is 8.42 Å². The Labute approximate surface area is 96.4 Å². The van der Waals surface area contributed by atoms with Crippen LogP contribution >= 0.6 is 35.4 Å². The zero-order chi connectivity index (χ0) is 10.8. The van der Waals surface area contributed by atoms with Gasteiger partial charge >= 0.3 is 0 Å². The number of nitrogens with zero attached hydrogens (tertiary/aromatic N) is 1. The van der Waals surface area contributed by atoms with Gasteiger partial charge < -0.3 is 0 Å². The van der Waals surface area contributed by atoms with E-state index in [9.17, 15) is 8.42 Å². The largest absolute Gasteiger partial charge is 0.290 e. The molecule has 0 heterocycles. The van der Waals surface area contributed by atoms with Crippen LogP contribution < -0.4 is 0 Å². The van der Waals surface area contributed by atoms with E-state index in [0.29, 0.717) is 0 Å². The van der Waals surface area contributed by atoms with E-state index in [0.717, 1.165) is 0 Å². The van der Waals surface area contributed by atoms with Crippen LogP contribution in [0.25, 0.3) is 0 Å². The third-order valence-electron chi connectivity index (χ3n) is 1.35. The second-order valence-corrected chi connectivity index (χ2v) is 4.83. The molecule has 0 unspecified atom stereocenters. The van der Waals surface area contributed by atoms with Crippen LogP contribution in [-0.2, 0) is 10.0 Å². The highest BCUT2D eigenvalue weighted by Gasteiger charge is 2.13. The van der Waals surface area contributed by atoms with Gasteiger partial charge in [0.05, 0.1) is 20.1 Å². The number of isothiocyanates is 1. The summed E-state index contributed by atoms with van der Waals surface area (Å²) in [6.45, 7) is 0. The molecule has 1 aromatic rings. The summed E-state index contributed by atoms with van der Waals surface area (Å²) in [5.74, 6) is 0. The molecule has 0 bridgehead atoms. The minimum absolute atomic E-state index is 0.0655. The number of hydrogen-bond acceptors (Lipinski definition) is 3. The molecular weight excluding hydrogens is 265 g/mol. The molecule has 1 aromatic carbocycles. The lowest BCUT2D eigenvalue weighted by atomic mass is 10.4. The first kappa shape index (κ1) is 11.6. The molecule has 1 rings (SSSR count). The molecule has 7 heteroatoms. The van der Waals surface area contributed by atoms with Crippen molar-refractivity contribution in [1.82, 2.24) is 0 Å². The van der Waals surface area contributed by atoms with Crippen LogP contribution in [0.4, 0.5) is 0 Å². The van der Waals surface area contributed by atoms with Crippen LogP contribution in [0.15, 0.2) is 27.5 Å². The van der Waals surface area contributed by atoms with Gasteiger partial charge in [0.25, 0.3) is 10.0 Å². The molecule has 14 heavy (non-hydrogen) atoms. The summed E-state index contributed by atoms with van der Waals surface area (Å²) in [6, 6.07) is 3.87. The number of hydrogen-bond donors (Lipinski definition) is 0. The summed E-state index contributed by atoms with van der Waals surface area (Å²) in [6.07, 6.45) is 0. The fourth-order valence-electron chi connectivity index (χ4n) is 0.739. The van der Waals surface area contributed by atoms with Gasteiger partial charge in [0, 0.05) is 0 Å². The highest BCUT2D eigenvalue weighted by Crippen LogP contribution is 2.25. The Morgan fingerprint density at radius 1 is 1.29 bits per heavy atom. The first-order valence-corrected chi connectivity index (χ1v) is 5.87. The SMILES string of the molecule is O=S(=O)(N=C=S)c1ccc(Cl)c(Cl)c1. The third-order valence-corrected chi connectivity index (χ3v) is 3.47. The van der Waals surface area contributed by atoms with E-state index in [1.807, 2.05) is 0 Å². The summed E-state index contributed by atoms with van der Waals surface area (Å²) < 4.78 is 25.6. The number of halogens is 2. The number of thiocarbonyl (C=S) groups is 1. The van der Waals surface area contributed by atoms with Crippen molar-refractivity contribution in [1.29, 1.82) is 0 Å². The minimum atomic E-state index is -3.78. The molecule has 0 amide bonds. The molecule has 0 atom stereocenters. The molecule has 0 N–H and O–H groups in total. The summed E-state index contributed by atoms with van der Waals surface area (Å²) in [5.41, 5.74) is 0. The maximum atomic E-state index is 11.3. The van der Waals surface area contributed by atoms with Gasteiger partial charge in [-0.3, -0.25) is 0 Å². The number of benzene rings is 1. The van der Waals surface area contributed by atoms with Gasteiger partial charge in [-0.1, -0.05) is 23.2 Å². The van der Waals surface area contributed by atoms with Crippen LogP contribution in [0.3, 0.4) is 0 Å². The molecule has 0 aliphatic rings. The van der Waals surface area contributed by atoms with E-state index < -0.39 is 10.0 Å².